The van der Waals surface area contributed by atoms with E-state index < -0.39 is 0 Å². The normalized spacial score (nSPS) is 16.8. The van der Waals surface area contributed by atoms with Crippen molar-refractivity contribution < 1.29 is 0 Å². The third-order valence-corrected chi connectivity index (χ3v) is 5.13. The van der Waals surface area contributed by atoms with E-state index in [0.29, 0.717) is 6.04 Å². The first kappa shape index (κ1) is 15.6. The molecule has 2 heterocycles. The molecule has 0 unspecified atom stereocenters. The second-order valence-electron chi connectivity index (χ2n) is 6.03. The predicted octanol–water partition coefficient (Wildman–Crippen LogP) is 4.77. The van der Waals surface area contributed by atoms with Crippen LogP contribution >= 0.6 is 11.8 Å². The highest BCUT2D eigenvalue weighted by Gasteiger charge is 2.19. The van der Waals surface area contributed by atoms with Crippen molar-refractivity contribution in [3.05, 3.63) is 53.7 Å². The van der Waals surface area contributed by atoms with Crippen molar-refractivity contribution in [2.45, 2.75) is 31.6 Å². The number of thioether (sulfide) groups is 1. The lowest BCUT2D eigenvalue weighted by Crippen LogP contribution is -2.23. The number of nitrogens with zero attached hydrogens (tertiary/aromatic N) is 2. The van der Waals surface area contributed by atoms with Crippen molar-refractivity contribution in [3.8, 4) is 11.3 Å². The molecular formula is C19H24N2S. The quantitative estimate of drug-likeness (QED) is 0.791. The standard InChI is InChI=1S/C19H24N2S/c1-15(21-11-3-4-12-21)17-6-8-18(9-7-17)19-10-5-16(13-20-19)14-22-2/h5-10,13,15H,3-4,11-12,14H2,1-2H3/t15-/m0/s1. The number of likely N-dealkylation sites (tertiary alicyclic amines) is 1. The molecule has 2 nitrogen and oxygen atoms in total. The molecule has 116 valence electrons. The van der Waals surface area contributed by atoms with Crippen LogP contribution in [0.15, 0.2) is 42.6 Å². The molecule has 0 saturated carbocycles. The molecule has 1 aromatic carbocycles. The van der Waals surface area contributed by atoms with E-state index in [-0.39, 0.29) is 0 Å². The fourth-order valence-corrected chi connectivity index (χ4v) is 3.62. The van der Waals surface area contributed by atoms with Crippen LogP contribution < -0.4 is 0 Å². The molecule has 0 N–H and O–H groups in total. The number of pyridine rings is 1. The Balaban J connectivity index is 1.73. The molecule has 1 saturated heterocycles. The van der Waals surface area contributed by atoms with Crippen LogP contribution in [-0.4, -0.2) is 29.2 Å². The van der Waals surface area contributed by atoms with Crippen LogP contribution in [0.4, 0.5) is 0 Å². The zero-order chi connectivity index (χ0) is 15.4. The van der Waals surface area contributed by atoms with Crippen LogP contribution in [0, 0.1) is 0 Å². The van der Waals surface area contributed by atoms with Crippen LogP contribution in [0.5, 0.6) is 0 Å². The average Bonchev–Trinajstić information content (AvgIpc) is 3.10. The van der Waals surface area contributed by atoms with E-state index in [2.05, 4.69) is 59.5 Å². The molecule has 1 aliphatic heterocycles. The van der Waals surface area contributed by atoms with Gasteiger partial charge in [-0.05, 0) is 56.3 Å². The molecule has 0 amide bonds. The van der Waals surface area contributed by atoms with E-state index in [0.717, 1.165) is 11.4 Å². The maximum Gasteiger partial charge on any atom is 0.0702 e. The molecular weight excluding hydrogens is 288 g/mol. The Hall–Kier alpha value is -1.32. The lowest BCUT2D eigenvalue weighted by molar-refractivity contribution is 0.263. The summed E-state index contributed by atoms with van der Waals surface area (Å²) >= 11 is 1.83. The summed E-state index contributed by atoms with van der Waals surface area (Å²) in [7, 11) is 0. The highest BCUT2D eigenvalue weighted by atomic mass is 32.2. The van der Waals surface area contributed by atoms with Crippen LogP contribution in [0.1, 0.15) is 36.9 Å². The molecule has 2 aromatic rings. The topological polar surface area (TPSA) is 16.1 Å². The third-order valence-electron chi connectivity index (χ3n) is 4.51. The second kappa shape index (κ2) is 7.30. The Morgan fingerprint density at radius 2 is 1.82 bits per heavy atom. The van der Waals surface area contributed by atoms with Gasteiger partial charge in [-0.25, -0.2) is 0 Å². The highest BCUT2D eigenvalue weighted by Crippen LogP contribution is 2.26. The van der Waals surface area contributed by atoms with Crippen LogP contribution in [0.3, 0.4) is 0 Å². The summed E-state index contributed by atoms with van der Waals surface area (Å²) in [6, 6.07) is 13.8. The average molecular weight is 312 g/mol. The third kappa shape index (κ3) is 3.53. The maximum atomic E-state index is 4.60. The monoisotopic (exact) mass is 312 g/mol. The predicted molar refractivity (Wildman–Crippen MR) is 96.1 cm³/mol. The lowest BCUT2D eigenvalue weighted by Gasteiger charge is -2.24. The summed E-state index contributed by atoms with van der Waals surface area (Å²) in [6.07, 6.45) is 6.80. The van der Waals surface area contributed by atoms with Crippen molar-refractivity contribution in [2.24, 2.45) is 0 Å². The van der Waals surface area contributed by atoms with Crippen molar-refractivity contribution in [1.29, 1.82) is 0 Å². The van der Waals surface area contributed by atoms with E-state index in [9.17, 15) is 0 Å². The van der Waals surface area contributed by atoms with Gasteiger partial charge in [0.25, 0.3) is 0 Å². The highest BCUT2D eigenvalue weighted by molar-refractivity contribution is 7.97. The molecule has 22 heavy (non-hydrogen) atoms. The van der Waals surface area contributed by atoms with Gasteiger partial charge in [0.15, 0.2) is 0 Å². The molecule has 1 fully saturated rings. The van der Waals surface area contributed by atoms with Crippen LogP contribution in [-0.2, 0) is 5.75 Å². The minimum absolute atomic E-state index is 0.522. The number of hydrogen-bond donors (Lipinski definition) is 0. The summed E-state index contributed by atoms with van der Waals surface area (Å²) in [5.74, 6) is 1.03. The zero-order valence-corrected chi connectivity index (χ0v) is 14.3. The summed E-state index contributed by atoms with van der Waals surface area (Å²) < 4.78 is 0. The molecule has 0 bridgehead atoms. The first-order valence-electron chi connectivity index (χ1n) is 8.06. The summed E-state index contributed by atoms with van der Waals surface area (Å²) in [5.41, 5.74) is 4.96. The van der Waals surface area contributed by atoms with Gasteiger partial charge in [-0.3, -0.25) is 9.88 Å². The molecule has 1 aromatic heterocycles. The van der Waals surface area contributed by atoms with Gasteiger partial charge in [-0.2, -0.15) is 11.8 Å². The van der Waals surface area contributed by atoms with Crippen molar-refractivity contribution in [3.63, 3.8) is 0 Å². The van der Waals surface area contributed by atoms with E-state index in [1.807, 2.05) is 18.0 Å². The Labute approximate surface area is 138 Å². The SMILES string of the molecule is CSCc1ccc(-c2ccc([C@H](C)N3CCCC3)cc2)nc1. The van der Waals surface area contributed by atoms with Crippen LogP contribution in [0.2, 0.25) is 0 Å². The lowest BCUT2D eigenvalue weighted by atomic mass is 10.0. The molecule has 3 heteroatoms. The van der Waals surface area contributed by atoms with Gasteiger partial charge in [0, 0.05) is 23.6 Å². The zero-order valence-electron chi connectivity index (χ0n) is 13.5. The molecule has 0 aliphatic carbocycles. The molecule has 1 atom stereocenters. The minimum atomic E-state index is 0.522. The van der Waals surface area contributed by atoms with E-state index >= 15 is 0 Å². The van der Waals surface area contributed by atoms with E-state index in [1.54, 1.807) is 0 Å². The fraction of sp³-hybridized carbons (Fsp3) is 0.421. The fourth-order valence-electron chi connectivity index (χ4n) is 3.12. The number of aromatic nitrogens is 1. The molecule has 0 spiro atoms. The Kier molecular flexibility index (Phi) is 5.16. The van der Waals surface area contributed by atoms with E-state index in [1.165, 1.54) is 42.6 Å². The summed E-state index contributed by atoms with van der Waals surface area (Å²) in [6.45, 7) is 4.79. The number of rotatable bonds is 5. The van der Waals surface area contributed by atoms with Crippen LogP contribution in [0.25, 0.3) is 11.3 Å². The second-order valence-corrected chi connectivity index (χ2v) is 6.89. The van der Waals surface area contributed by atoms with Gasteiger partial charge in [0.05, 0.1) is 5.69 Å². The summed E-state index contributed by atoms with van der Waals surface area (Å²) in [5, 5.41) is 0. The Morgan fingerprint density at radius 3 is 2.41 bits per heavy atom. The number of benzene rings is 1. The number of hydrogen-bond acceptors (Lipinski definition) is 3. The van der Waals surface area contributed by atoms with Gasteiger partial charge < -0.3 is 0 Å². The first-order chi connectivity index (χ1) is 10.8. The molecule has 3 rings (SSSR count). The van der Waals surface area contributed by atoms with Gasteiger partial charge in [-0.1, -0.05) is 30.3 Å². The summed E-state index contributed by atoms with van der Waals surface area (Å²) in [4.78, 5) is 7.17. The van der Waals surface area contributed by atoms with Gasteiger partial charge >= 0.3 is 0 Å². The first-order valence-corrected chi connectivity index (χ1v) is 9.45. The van der Waals surface area contributed by atoms with Gasteiger partial charge in [0.1, 0.15) is 0 Å². The Bertz CT molecular complexity index is 586. The van der Waals surface area contributed by atoms with Crippen molar-refractivity contribution in [2.75, 3.05) is 19.3 Å². The van der Waals surface area contributed by atoms with Gasteiger partial charge in [-0.15, -0.1) is 0 Å². The maximum absolute atomic E-state index is 4.60. The largest absolute Gasteiger partial charge is 0.297 e. The Morgan fingerprint density at radius 1 is 1.09 bits per heavy atom. The molecule has 1 aliphatic rings. The smallest absolute Gasteiger partial charge is 0.0702 e. The van der Waals surface area contributed by atoms with E-state index in [4.69, 9.17) is 0 Å². The minimum Gasteiger partial charge on any atom is -0.297 e. The van der Waals surface area contributed by atoms with Gasteiger partial charge in [0.2, 0.25) is 0 Å². The molecule has 0 radical (unpaired) electrons. The van der Waals surface area contributed by atoms with Crippen molar-refractivity contribution >= 4 is 11.8 Å². The van der Waals surface area contributed by atoms with Crippen molar-refractivity contribution in [1.82, 2.24) is 9.88 Å².